The van der Waals surface area contributed by atoms with E-state index >= 15 is 0 Å². The molecule has 0 spiro atoms. The van der Waals surface area contributed by atoms with Crippen molar-refractivity contribution >= 4 is 0 Å². The van der Waals surface area contributed by atoms with Crippen molar-refractivity contribution in [1.82, 2.24) is 10.0 Å². The van der Waals surface area contributed by atoms with Gasteiger partial charge in [-0.25, -0.2) is 10.0 Å². The van der Waals surface area contributed by atoms with Crippen LogP contribution in [0.5, 0.6) is 0 Å². The van der Waals surface area contributed by atoms with E-state index in [1.807, 2.05) is 0 Å². The topological polar surface area (TPSA) is 6.02 Å². The van der Waals surface area contributed by atoms with Gasteiger partial charge in [0.15, 0.2) is 0 Å². The zero-order valence-corrected chi connectivity index (χ0v) is 6.76. The lowest BCUT2D eigenvalue weighted by molar-refractivity contribution is 0.294. The van der Waals surface area contributed by atoms with Crippen LogP contribution in [0.1, 0.15) is 27.2 Å². The Morgan fingerprint density at radius 2 is 2.00 bits per heavy atom. The number of hydrogen-bond donors (Lipinski definition) is 0. The average Bonchev–Trinajstić information content (AvgIpc) is 2.40. The van der Waals surface area contributed by atoms with Crippen LogP contribution in [0.25, 0.3) is 0 Å². The Bertz CT molecular complexity index is 101. The summed E-state index contributed by atoms with van der Waals surface area (Å²) in [5, 5.41) is 4.69. The predicted octanol–water partition coefficient (Wildman–Crippen LogP) is 1.29. The maximum Gasteiger partial charge on any atom is 0.0891 e. The summed E-state index contributed by atoms with van der Waals surface area (Å²) in [5.41, 5.74) is 0. The Labute approximate surface area is 57.4 Å². The van der Waals surface area contributed by atoms with Gasteiger partial charge in [-0.2, -0.15) is 0 Å². The fraction of sp³-hybridized carbons (Fsp3) is 1.00. The highest BCUT2D eigenvalue weighted by atomic mass is 15.9. The zero-order valence-electron chi connectivity index (χ0n) is 6.76. The summed E-state index contributed by atoms with van der Waals surface area (Å²) >= 11 is 0. The van der Waals surface area contributed by atoms with Crippen molar-refractivity contribution in [3.05, 3.63) is 0 Å². The highest BCUT2D eigenvalue weighted by molar-refractivity contribution is 4.81. The van der Waals surface area contributed by atoms with Crippen LogP contribution in [-0.2, 0) is 0 Å². The molecule has 0 bridgehead atoms. The maximum absolute atomic E-state index is 2.39. The van der Waals surface area contributed by atoms with E-state index in [1.54, 1.807) is 0 Å². The molecule has 1 heterocycles. The molecule has 9 heavy (non-hydrogen) atoms. The molecule has 1 aliphatic rings. The molecule has 1 fully saturated rings. The van der Waals surface area contributed by atoms with E-state index < -0.39 is 0 Å². The van der Waals surface area contributed by atoms with Crippen molar-refractivity contribution in [2.24, 2.45) is 0 Å². The Kier molecular flexibility index (Phi) is 1.78. The van der Waals surface area contributed by atoms with E-state index in [2.05, 4.69) is 37.8 Å². The molecule has 0 aromatic heterocycles. The third kappa shape index (κ3) is 1.10. The first-order valence-corrected chi connectivity index (χ1v) is 3.69. The van der Waals surface area contributed by atoms with Crippen LogP contribution in [0.3, 0.4) is 0 Å². The molecule has 0 radical (unpaired) electrons. The van der Waals surface area contributed by atoms with E-state index in [0.717, 1.165) is 6.17 Å². The van der Waals surface area contributed by atoms with Crippen LogP contribution in [0, 0.1) is 0 Å². The molecule has 1 saturated heterocycles. The first-order chi connectivity index (χ1) is 4.18. The Hall–Kier alpha value is -0.0800. The van der Waals surface area contributed by atoms with Gasteiger partial charge in [-0.1, -0.05) is 6.92 Å². The third-order valence-corrected chi connectivity index (χ3v) is 1.94. The molecule has 1 rings (SSSR count). The summed E-state index contributed by atoms with van der Waals surface area (Å²) in [6.07, 6.45) is 1.97. The van der Waals surface area contributed by atoms with Crippen LogP contribution >= 0.6 is 0 Å². The summed E-state index contributed by atoms with van der Waals surface area (Å²) in [7, 11) is 2.15. The molecule has 2 nitrogen and oxygen atoms in total. The van der Waals surface area contributed by atoms with Gasteiger partial charge in [-0.05, 0) is 20.3 Å². The number of rotatable bonds is 2. The Balaban J connectivity index is 2.33. The molecule has 54 valence electrons. The minimum absolute atomic E-state index is 0.681. The fourth-order valence-corrected chi connectivity index (χ4v) is 1.48. The largest absolute Gasteiger partial charge is 0.224 e. The number of hydrogen-bond acceptors (Lipinski definition) is 2. The second-order valence-corrected chi connectivity index (χ2v) is 2.94. The van der Waals surface area contributed by atoms with Crippen molar-refractivity contribution in [2.45, 2.75) is 39.4 Å². The molecular formula is C7H16N2. The van der Waals surface area contributed by atoms with Crippen LogP contribution in [0.2, 0.25) is 0 Å². The predicted molar refractivity (Wildman–Crippen MR) is 38.8 cm³/mol. The second kappa shape index (κ2) is 2.27. The lowest BCUT2D eigenvalue weighted by Crippen LogP contribution is -2.13. The van der Waals surface area contributed by atoms with Crippen LogP contribution in [0.15, 0.2) is 0 Å². The first-order valence-electron chi connectivity index (χ1n) is 3.69. The molecule has 0 aromatic carbocycles. The van der Waals surface area contributed by atoms with Gasteiger partial charge in [0.1, 0.15) is 0 Å². The summed E-state index contributed by atoms with van der Waals surface area (Å²) in [6, 6.07) is 0.681. The van der Waals surface area contributed by atoms with Gasteiger partial charge in [0.05, 0.1) is 6.17 Å². The monoisotopic (exact) mass is 128 g/mol. The number of hydrazine groups is 1. The molecule has 2 heteroatoms. The van der Waals surface area contributed by atoms with Crippen molar-refractivity contribution < 1.29 is 0 Å². The van der Waals surface area contributed by atoms with Gasteiger partial charge in [0, 0.05) is 13.1 Å². The molecular weight excluding hydrogens is 112 g/mol. The van der Waals surface area contributed by atoms with Crippen LogP contribution in [0.4, 0.5) is 0 Å². The standard InChI is InChI=1S/C7H16N2/c1-5-7-8(4)9(7)6(2)3/h6-7H,5H2,1-4H3. The smallest absolute Gasteiger partial charge is 0.0891 e. The lowest BCUT2D eigenvalue weighted by Gasteiger charge is -2.03. The lowest BCUT2D eigenvalue weighted by atomic mass is 10.3. The van der Waals surface area contributed by atoms with E-state index in [1.165, 1.54) is 6.42 Å². The summed E-state index contributed by atoms with van der Waals surface area (Å²) in [6.45, 7) is 6.68. The fourth-order valence-electron chi connectivity index (χ4n) is 1.48. The molecule has 3 unspecified atom stereocenters. The summed E-state index contributed by atoms with van der Waals surface area (Å²) in [5.74, 6) is 0. The van der Waals surface area contributed by atoms with Crippen molar-refractivity contribution in [1.29, 1.82) is 0 Å². The Morgan fingerprint density at radius 1 is 1.44 bits per heavy atom. The van der Waals surface area contributed by atoms with Crippen molar-refractivity contribution in [3.63, 3.8) is 0 Å². The molecule has 0 amide bonds. The van der Waals surface area contributed by atoms with Crippen molar-refractivity contribution in [3.8, 4) is 0 Å². The molecule has 0 saturated carbocycles. The molecule has 0 aromatic rings. The first kappa shape index (κ1) is 7.03. The quantitative estimate of drug-likeness (QED) is 0.517. The van der Waals surface area contributed by atoms with Gasteiger partial charge < -0.3 is 0 Å². The maximum atomic E-state index is 2.39. The van der Waals surface area contributed by atoms with E-state index in [0.29, 0.717) is 6.04 Å². The van der Waals surface area contributed by atoms with Gasteiger partial charge in [0.25, 0.3) is 0 Å². The SMILES string of the molecule is CCC1N(C)N1C(C)C. The minimum Gasteiger partial charge on any atom is -0.224 e. The molecule has 1 aliphatic heterocycles. The van der Waals surface area contributed by atoms with Crippen LogP contribution in [-0.4, -0.2) is 29.3 Å². The van der Waals surface area contributed by atoms with Gasteiger partial charge >= 0.3 is 0 Å². The van der Waals surface area contributed by atoms with Crippen molar-refractivity contribution in [2.75, 3.05) is 7.05 Å². The molecule has 0 aliphatic carbocycles. The normalized spacial score (nSPS) is 41.7. The van der Waals surface area contributed by atoms with Gasteiger partial charge in [-0.3, -0.25) is 0 Å². The number of nitrogens with zero attached hydrogens (tertiary/aromatic N) is 2. The van der Waals surface area contributed by atoms with Gasteiger partial charge in [0.2, 0.25) is 0 Å². The highest BCUT2D eigenvalue weighted by Gasteiger charge is 2.41. The van der Waals surface area contributed by atoms with E-state index in [4.69, 9.17) is 0 Å². The molecule has 0 N–H and O–H groups in total. The van der Waals surface area contributed by atoms with E-state index in [9.17, 15) is 0 Å². The zero-order chi connectivity index (χ0) is 7.02. The third-order valence-electron chi connectivity index (χ3n) is 1.94. The summed E-state index contributed by atoms with van der Waals surface area (Å²) in [4.78, 5) is 0. The van der Waals surface area contributed by atoms with Gasteiger partial charge in [-0.15, -0.1) is 0 Å². The highest BCUT2D eigenvalue weighted by Crippen LogP contribution is 2.28. The van der Waals surface area contributed by atoms with Crippen LogP contribution < -0.4 is 0 Å². The van der Waals surface area contributed by atoms with E-state index in [-0.39, 0.29) is 0 Å². The minimum atomic E-state index is 0.681. The molecule has 3 atom stereocenters. The summed E-state index contributed by atoms with van der Waals surface area (Å²) < 4.78 is 0. The second-order valence-electron chi connectivity index (χ2n) is 2.94. The Morgan fingerprint density at radius 3 is 2.11 bits per heavy atom. The average molecular weight is 128 g/mol.